The summed E-state index contributed by atoms with van der Waals surface area (Å²) in [7, 11) is 0. The maximum atomic E-state index is 6.62. The molecule has 0 heterocycles. The molecule has 0 unspecified atom stereocenters. The van der Waals surface area contributed by atoms with Crippen LogP contribution >= 0.6 is 23.2 Å². The van der Waals surface area contributed by atoms with E-state index in [-0.39, 0.29) is 0 Å². The largest absolute Gasteiger partial charge is 0.310 e. The molecule has 6 aromatic carbocycles. The van der Waals surface area contributed by atoms with E-state index < -0.39 is 0 Å². The average Bonchev–Trinajstić information content (AvgIpc) is 3.04. The minimum atomic E-state index is 0.757. The topological polar surface area (TPSA) is 6.48 Å². The number of nitrogens with zero attached hydrogens (tertiary/aromatic N) is 2. The fourth-order valence-electron chi connectivity index (χ4n) is 5.86. The Morgan fingerprint density at radius 2 is 0.696 bits per heavy atom. The first-order valence-corrected chi connectivity index (χ1v) is 16.3. The van der Waals surface area contributed by atoms with Crippen LogP contribution in [0.2, 0.25) is 10.0 Å². The van der Waals surface area contributed by atoms with Gasteiger partial charge in [-0.1, -0.05) is 82.9 Å². The van der Waals surface area contributed by atoms with E-state index in [9.17, 15) is 0 Å². The van der Waals surface area contributed by atoms with Gasteiger partial charge in [0.2, 0.25) is 0 Å². The molecule has 2 nitrogen and oxygen atoms in total. The first-order valence-electron chi connectivity index (χ1n) is 15.6. The van der Waals surface area contributed by atoms with Crippen molar-refractivity contribution in [3.05, 3.63) is 165 Å². The first-order chi connectivity index (χ1) is 22.1. The summed E-state index contributed by atoms with van der Waals surface area (Å²) in [6.07, 6.45) is 0. The van der Waals surface area contributed by atoms with E-state index in [1.807, 2.05) is 26.0 Å². The van der Waals surface area contributed by atoms with E-state index in [4.69, 9.17) is 23.2 Å². The van der Waals surface area contributed by atoms with Gasteiger partial charge in [0.15, 0.2) is 0 Å². The Morgan fingerprint density at radius 1 is 0.348 bits per heavy atom. The van der Waals surface area contributed by atoms with Crippen molar-refractivity contribution >= 4 is 57.3 Å². The van der Waals surface area contributed by atoms with Crippen LogP contribution in [-0.2, 0) is 0 Å². The summed E-state index contributed by atoms with van der Waals surface area (Å²) in [5, 5.41) is 1.51. The molecule has 0 aliphatic heterocycles. The number of hydrogen-bond acceptors (Lipinski definition) is 2. The van der Waals surface area contributed by atoms with E-state index in [2.05, 4.69) is 147 Å². The van der Waals surface area contributed by atoms with Crippen LogP contribution in [0.15, 0.2) is 121 Å². The number of anilines is 6. The van der Waals surface area contributed by atoms with E-state index in [1.54, 1.807) is 0 Å². The van der Waals surface area contributed by atoms with E-state index in [0.717, 1.165) is 55.3 Å². The van der Waals surface area contributed by atoms with E-state index >= 15 is 0 Å². The lowest BCUT2D eigenvalue weighted by molar-refractivity contribution is 1.23. The molecule has 0 aliphatic rings. The monoisotopic (exact) mass is 640 g/mol. The van der Waals surface area contributed by atoms with Gasteiger partial charge in [-0.15, -0.1) is 0 Å². The Balaban J connectivity index is 1.40. The molecule has 0 saturated carbocycles. The molecular formula is C42H38Cl2N2. The summed E-state index contributed by atoms with van der Waals surface area (Å²) in [6, 6.07) is 43.2. The Morgan fingerprint density at radius 3 is 1.02 bits per heavy atom. The molecule has 230 valence electrons. The maximum Gasteiger partial charge on any atom is 0.0491 e. The standard InChI is InChI=1S/C42H38Cl2N2/c1-27-7-15-35(16-8-27)45(37-19-11-29(3)39(43)25-37)41-21-13-33(23-31(41)5)34-14-22-42(32(6)24-34)46(36-17-9-28(2)10-18-36)38-20-12-30(4)40(44)26-38/h7-26H,1-6H3. The Kier molecular flexibility index (Phi) is 8.95. The van der Waals surface area contributed by atoms with Crippen molar-refractivity contribution in [2.75, 3.05) is 9.80 Å². The highest BCUT2D eigenvalue weighted by Crippen LogP contribution is 2.42. The highest BCUT2D eigenvalue weighted by molar-refractivity contribution is 6.32. The lowest BCUT2D eigenvalue weighted by Crippen LogP contribution is -2.12. The van der Waals surface area contributed by atoms with Crippen molar-refractivity contribution < 1.29 is 0 Å². The van der Waals surface area contributed by atoms with Crippen LogP contribution in [0, 0.1) is 41.5 Å². The molecule has 0 aliphatic carbocycles. The van der Waals surface area contributed by atoms with Crippen molar-refractivity contribution in [2.45, 2.75) is 41.5 Å². The van der Waals surface area contributed by atoms with Crippen molar-refractivity contribution in [1.82, 2.24) is 0 Å². The Bertz CT molecular complexity index is 1880. The molecule has 0 aromatic heterocycles. The van der Waals surface area contributed by atoms with Gasteiger partial charge in [-0.3, -0.25) is 0 Å². The minimum Gasteiger partial charge on any atom is -0.310 e. The van der Waals surface area contributed by atoms with Crippen LogP contribution in [-0.4, -0.2) is 0 Å². The number of benzene rings is 6. The predicted molar refractivity (Wildman–Crippen MR) is 200 cm³/mol. The quantitative estimate of drug-likeness (QED) is 0.171. The second-order valence-electron chi connectivity index (χ2n) is 12.2. The molecule has 0 N–H and O–H groups in total. The van der Waals surface area contributed by atoms with Crippen molar-refractivity contribution in [1.29, 1.82) is 0 Å². The van der Waals surface area contributed by atoms with Crippen molar-refractivity contribution in [3.8, 4) is 11.1 Å². The Hall–Kier alpha value is -4.50. The van der Waals surface area contributed by atoms with Gasteiger partial charge < -0.3 is 9.80 Å². The minimum absolute atomic E-state index is 0.757. The SMILES string of the molecule is Cc1ccc(N(c2ccc(C)c(Cl)c2)c2ccc(-c3ccc(N(c4ccc(C)cc4)c4ccc(C)c(Cl)c4)c(C)c3)cc2C)cc1. The number of hydrogen-bond donors (Lipinski definition) is 0. The Labute approximate surface area is 283 Å². The predicted octanol–water partition coefficient (Wildman–Crippen LogP) is 13.5. The zero-order valence-corrected chi connectivity index (χ0v) is 28.7. The first kappa shape index (κ1) is 31.5. The molecule has 6 rings (SSSR count). The normalized spacial score (nSPS) is 11.0. The van der Waals surface area contributed by atoms with Gasteiger partial charge in [-0.25, -0.2) is 0 Å². The second-order valence-corrected chi connectivity index (χ2v) is 13.0. The fraction of sp³-hybridized carbons (Fsp3) is 0.143. The van der Waals surface area contributed by atoms with Gasteiger partial charge in [0.05, 0.1) is 0 Å². The molecule has 0 atom stereocenters. The van der Waals surface area contributed by atoms with Crippen molar-refractivity contribution in [2.24, 2.45) is 0 Å². The highest BCUT2D eigenvalue weighted by atomic mass is 35.5. The van der Waals surface area contributed by atoms with Gasteiger partial charge >= 0.3 is 0 Å². The fourth-order valence-corrected chi connectivity index (χ4v) is 6.21. The summed E-state index contributed by atoms with van der Waals surface area (Å²) in [6.45, 7) is 12.6. The summed E-state index contributed by atoms with van der Waals surface area (Å²) in [5.41, 5.74) is 15.7. The summed E-state index contributed by atoms with van der Waals surface area (Å²) >= 11 is 13.2. The van der Waals surface area contributed by atoms with Gasteiger partial charge in [0, 0.05) is 44.2 Å². The molecule has 4 heteroatoms. The number of aryl methyl sites for hydroxylation is 6. The van der Waals surface area contributed by atoms with Gasteiger partial charge in [0.1, 0.15) is 0 Å². The van der Waals surface area contributed by atoms with Crippen LogP contribution in [0.3, 0.4) is 0 Å². The van der Waals surface area contributed by atoms with E-state index in [0.29, 0.717) is 0 Å². The molecule has 0 saturated heterocycles. The highest BCUT2D eigenvalue weighted by Gasteiger charge is 2.19. The van der Waals surface area contributed by atoms with E-state index in [1.165, 1.54) is 33.4 Å². The number of rotatable bonds is 7. The average molecular weight is 642 g/mol. The third-order valence-electron chi connectivity index (χ3n) is 8.62. The van der Waals surface area contributed by atoms with Crippen LogP contribution in [0.4, 0.5) is 34.1 Å². The van der Waals surface area contributed by atoms with Crippen LogP contribution in [0.5, 0.6) is 0 Å². The van der Waals surface area contributed by atoms with Crippen LogP contribution < -0.4 is 9.80 Å². The summed E-state index contributed by atoms with van der Waals surface area (Å²) < 4.78 is 0. The molecule has 0 radical (unpaired) electrons. The molecule has 0 amide bonds. The maximum absolute atomic E-state index is 6.62. The second kappa shape index (κ2) is 13.1. The van der Waals surface area contributed by atoms with Gasteiger partial charge in [-0.2, -0.15) is 0 Å². The van der Waals surface area contributed by atoms with Gasteiger partial charge in [0.25, 0.3) is 0 Å². The summed E-state index contributed by atoms with van der Waals surface area (Å²) in [4.78, 5) is 4.56. The van der Waals surface area contributed by atoms with Crippen molar-refractivity contribution in [3.63, 3.8) is 0 Å². The molecular weight excluding hydrogens is 603 g/mol. The zero-order valence-electron chi connectivity index (χ0n) is 27.2. The number of halogens is 2. The zero-order chi connectivity index (χ0) is 32.5. The third-order valence-corrected chi connectivity index (χ3v) is 9.43. The van der Waals surface area contributed by atoms with Crippen LogP contribution in [0.1, 0.15) is 33.4 Å². The van der Waals surface area contributed by atoms with Crippen LogP contribution in [0.25, 0.3) is 11.1 Å². The molecule has 0 fully saturated rings. The lowest BCUT2D eigenvalue weighted by Gasteiger charge is -2.28. The smallest absolute Gasteiger partial charge is 0.0491 e. The molecule has 0 bridgehead atoms. The molecule has 0 spiro atoms. The molecule has 6 aromatic rings. The summed E-state index contributed by atoms with van der Waals surface area (Å²) in [5.74, 6) is 0. The lowest BCUT2D eigenvalue weighted by atomic mass is 9.98. The third kappa shape index (κ3) is 6.42. The molecule has 46 heavy (non-hydrogen) atoms. The van der Waals surface area contributed by atoms with Gasteiger partial charge in [-0.05, 0) is 148 Å².